The van der Waals surface area contributed by atoms with Gasteiger partial charge in [-0.1, -0.05) is 52.4 Å². The summed E-state index contributed by atoms with van der Waals surface area (Å²) >= 11 is 0. The van der Waals surface area contributed by atoms with Crippen LogP contribution >= 0.6 is 0 Å². The van der Waals surface area contributed by atoms with Crippen LogP contribution in [-0.2, 0) is 33.8 Å². The van der Waals surface area contributed by atoms with Crippen LogP contribution in [0, 0.1) is 0 Å². The van der Waals surface area contributed by atoms with E-state index in [1.54, 1.807) is 0 Å². The molecule has 0 bridgehead atoms. The van der Waals surface area contributed by atoms with Gasteiger partial charge in [0.25, 0.3) is 0 Å². The lowest BCUT2D eigenvalue weighted by atomic mass is 10.0. The highest BCUT2D eigenvalue weighted by Crippen LogP contribution is 2.20. The Hall–Kier alpha value is -1.58. The topological polar surface area (TPSA) is 98.8 Å². The van der Waals surface area contributed by atoms with Crippen LogP contribution in [0.25, 0.3) is 0 Å². The molecule has 184 valence electrons. The summed E-state index contributed by atoms with van der Waals surface area (Å²) in [7, 11) is 0. The Morgan fingerprint density at radius 1 is 0.613 bits per heavy atom. The Labute approximate surface area is 186 Å². The van der Waals surface area contributed by atoms with Crippen LogP contribution in [0.2, 0.25) is 0 Å². The standard InChI is InChI=1S/C22H42O9/c1-7-9-11-13-21(3,4)30-28-19(23)26-17-15-25-16-18-27-20(24)29-31-22(5,6)14-12-10-8-2/h7-18H2,1-6H3. The summed E-state index contributed by atoms with van der Waals surface area (Å²) in [5.41, 5.74) is -1.13. The lowest BCUT2D eigenvalue weighted by Crippen LogP contribution is -2.27. The predicted molar refractivity (Wildman–Crippen MR) is 114 cm³/mol. The molecule has 0 aliphatic heterocycles. The number of carbonyl (C=O) groups is 2. The van der Waals surface area contributed by atoms with Gasteiger partial charge in [-0.25, -0.2) is 9.59 Å². The van der Waals surface area contributed by atoms with Crippen LogP contribution in [0.15, 0.2) is 0 Å². The SMILES string of the molecule is CCCCCC(C)(C)OOC(=O)OCCOCCOC(=O)OOC(C)(C)CCCCC. The highest BCUT2D eigenvalue weighted by molar-refractivity contribution is 5.59. The Balaban J connectivity index is 3.67. The molecule has 0 radical (unpaired) electrons. The van der Waals surface area contributed by atoms with E-state index in [2.05, 4.69) is 23.6 Å². The number of ether oxygens (including phenoxy) is 3. The smallest absolute Gasteiger partial charge is 0.430 e. The molecule has 0 amide bonds. The minimum Gasteiger partial charge on any atom is -0.430 e. The Kier molecular flexibility index (Phi) is 16.2. The summed E-state index contributed by atoms with van der Waals surface area (Å²) in [6, 6.07) is 0. The molecule has 0 spiro atoms. The number of hydrogen-bond donors (Lipinski definition) is 0. The summed E-state index contributed by atoms with van der Waals surface area (Å²) in [6.07, 6.45) is 6.11. The zero-order valence-electron chi connectivity index (χ0n) is 20.2. The molecule has 0 aromatic rings. The zero-order chi connectivity index (χ0) is 23.6. The second kappa shape index (κ2) is 17.0. The first kappa shape index (κ1) is 29.4. The van der Waals surface area contributed by atoms with Gasteiger partial charge in [0.05, 0.1) is 13.2 Å². The van der Waals surface area contributed by atoms with Gasteiger partial charge in [-0.2, -0.15) is 9.78 Å². The molecule has 0 heterocycles. The maximum absolute atomic E-state index is 11.5. The van der Waals surface area contributed by atoms with E-state index in [9.17, 15) is 9.59 Å². The van der Waals surface area contributed by atoms with Crippen molar-refractivity contribution in [2.45, 2.75) is 104 Å². The molecule has 31 heavy (non-hydrogen) atoms. The van der Waals surface area contributed by atoms with E-state index in [1.165, 1.54) is 0 Å². The third kappa shape index (κ3) is 18.9. The van der Waals surface area contributed by atoms with Gasteiger partial charge < -0.3 is 14.2 Å². The van der Waals surface area contributed by atoms with Crippen LogP contribution in [0.3, 0.4) is 0 Å². The first-order chi connectivity index (χ1) is 14.6. The molecule has 0 atom stereocenters. The highest BCUT2D eigenvalue weighted by Gasteiger charge is 2.23. The molecule has 0 aromatic carbocycles. The maximum Gasteiger partial charge on any atom is 0.540 e. The molecule has 0 aliphatic rings. The van der Waals surface area contributed by atoms with Crippen molar-refractivity contribution in [2.75, 3.05) is 26.4 Å². The monoisotopic (exact) mass is 450 g/mol. The van der Waals surface area contributed by atoms with Crippen molar-refractivity contribution in [3.8, 4) is 0 Å². The lowest BCUT2D eigenvalue weighted by molar-refractivity contribution is -0.319. The second-order valence-electron chi connectivity index (χ2n) is 8.58. The average molecular weight is 451 g/mol. The maximum atomic E-state index is 11.5. The van der Waals surface area contributed by atoms with Gasteiger partial charge in [0, 0.05) is 0 Å². The van der Waals surface area contributed by atoms with Crippen molar-refractivity contribution >= 4 is 12.3 Å². The number of unbranched alkanes of at least 4 members (excludes halogenated alkanes) is 4. The molecule has 9 heteroatoms. The Morgan fingerprint density at radius 2 is 1.00 bits per heavy atom. The zero-order valence-corrected chi connectivity index (χ0v) is 20.2. The summed E-state index contributed by atoms with van der Waals surface area (Å²) in [4.78, 5) is 42.6. The summed E-state index contributed by atoms with van der Waals surface area (Å²) in [5.74, 6) is 0. The van der Waals surface area contributed by atoms with Crippen LogP contribution < -0.4 is 0 Å². The fourth-order valence-corrected chi connectivity index (χ4v) is 2.50. The highest BCUT2D eigenvalue weighted by atomic mass is 17.2. The van der Waals surface area contributed by atoms with E-state index in [0.717, 1.165) is 51.4 Å². The molecule has 0 aliphatic carbocycles. The van der Waals surface area contributed by atoms with Crippen LogP contribution in [0.4, 0.5) is 9.59 Å². The molecular formula is C22H42O9. The minimum atomic E-state index is -0.925. The van der Waals surface area contributed by atoms with Crippen LogP contribution in [0.1, 0.15) is 92.9 Å². The molecule has 9 nitrogen and oxygen atoms in total. The molecule has 0 unspecified atom stereocenters. The van der Waals surface area contributed by atoms with Gasteiger partial charge in [-0.15, -0.1) is 0 Å². The lowest BCUT2D eigenvalue weighted by Gasteiger charge is -2.22. The normalized spacial score (nSPS) is 11.8. The van der Waals surface area contributed by atoms with Crippen molar-refractivity contribution < 1.29 is 43.3 Å². The molecule has 0 N–H and O–H groups in total. The second-order valence-corrected chi connectivity index (χ2v) is 8.58. The predicted octanol–water partition coefficient (Wildman–Crippen LogP) is 5.89. The number of carbonyl (C=O) groups excluding carboxylic acids is 2. The van der Waals surface area contributed by atoms with E-state index >= 15 is 0 Å². The van der Waals surface area contributed by atoms with Gasteiger partial charge in [-0.3, -0.25) is 9.78 Å². The number of rotatable bonds is 18. The summed E-state index contributed by atoms with van der Waals surface area (Å²) in [5, 5.41) is 0. The molecule has 0 rings (SSSR count). The van der Waals surface area contributed by atoms with Gasteiger partial charge in [0.1, 0.15) is 24.4 Å². The van der Waals surface area contributed by atoms with Crippen molar-refractivity contribution in [1.82, 2.24) is 0 Å². The molecule has 0 saturated carbocycles. The first-order valence-electron chi connectivity index (χ1n) is 11.2. The fourth-order valence-electron chi connectivity index (χ4n) is 2.50. The largest absolute Gasteiger partial charge is 0.540 e. The van der Waals surface area contributed by atoms with Gasteiger partial charge >= 0.3 is 12.3 Å². The van der Waals surface area contributed by atoms with E-state index in [1.807, 2.05) is 27.7 Å². The molecule has 0 aromatic heterocycles. The summed E-state index contributed by atoms with van der Waals surface area (Å²) < 4.78 is 14.9. The molecule has 0 fully saturated rings. The van der Waals surface area contributed by atoms with Gasteiger partial charge in [-0.05, 0) is 40.5 Å². The van der Waals surface area contributed by atoms with Gasteiger partial charge in [0.15, 0.2) is 0 Å². The average Bonchev–Trinajstić information content (AvgIpc) is 2.70. The van der Waals surface area contributed by atoms with Crippen molar-refractivity contribution in [3.05, 3.63) is 0 Å². The fraction of sp³-hybridized carbons (Fsp3) is 0.909. The molecular weight excluding hydrogens is 408 g/mol. The Bertz CT molecular complexity index is 436. The first-order valence-corrected chi connectivity index (χ1v) is 11.2. The van der Waals surface area contributed by atoms with E-state index in [4.69, 9.17) is 24.0 Å². The molecule has 0 saturated heterocycles. The van der Waals surface area contributed by atoms with E-state index < -0.39 is 23.5 Å². The Morgan fingerprint density at radius 3 is 1.35 bits per heavy atom. The van der Waals surface area contributed by atoms with Crippen molar-refractivity contribution in [3.63, 3.8) is 0 Å². The van der Waals surface area contributed by atoms with E-state index in [-0.39, 0.29) is 26.4 Å². The third-order valence-electron chi connectivity index (χ3n) is 4.33. The van der Waals surface area contributed by atoms with Gasteiger partial charge in [0.2, 0.25) is 0 Å². The third-order valence-corrected chi connectivity index (χ3v) is 4.33. The quantitative estimate of drug-likeness (QED) is 0.109. The minimum absolute atomic E-state index is 0.0159. The summed E-state index contributed by atoms with van der Waals surface area (Å²) in [6.45, 7) is 11.8. The van der Waals surface area contributed by atoms with Crippen LogP contribution in [0.5, 0.6) is 0 Å². The van der Waals surface area contributed by atoms with Crippen molar-refractivity contribution in [2.24, 2.45) is 0 Å². The van der Waals surface area contributed by atoms with Crippen molar-refractivity contribution in [1.29, 1.82) is 0 Å². The number of hydrogen-bond acceptors (Lipinski definition) is 9. The van der Waals surface area contributed by atoms with Crippen LogP contribution in [-0.4, -0.2) is 49.9 Å². The van der Waals surface area contributed by atoms with E-state index in [0.29, 0.717) is 0 Å².